The molecule has 0 aromatic heterocycles. The highest BCUT2D eigenvalue weighted by molar-refractivity contribution is 7.92. The third kappa shape index (κ3) is 4.45. The molecule has 0 unspecified atom stereocenters. The topological polar surface area (TPSA) is 49.4 Å². The van der Waals surface area contributed by atoms with Crippen LogP contribution in [0.4, 0.5) is 5.69 Å². The van der Waals surface area contributed by atoms with Crippen molar-refractivity contribution in [3.8, 4) is 0 Å². The normalized spacial score (nSPS) is 15.0. The van der Waals surface area contributed by atoms with E-state index < -0.39 is 10.0 Å². The maximum Gasteiger partial charge on any atom is 0.235 e. The molecule has 0 aliphatic carbocycles. The van der Waals surface area contributed by atoms with Gasteiger partial charge in [0.2, 0.25) is 10.0 Å². The second-order valence-electron chi connectivity index (χ2n) is 5.58. The molecule has 1 heterocycles. The van der Waals surface area contributed by atoms with Crippen LogP contribution in [0.5, 0.6) is 0 Å². The summed E-state index contributed by atoms with van der Waals surface area (Å²) in [7, 11) is -3.18. The molecule has 1 N–H and O–H groups in total. The lowest BCUT2D eigenvalue weighted by Crippen LogP contribution is -2.37. The van der Waals surface area contributed by atoms with Gasteiger partial charge < -0.3 is 5.32 Å². The van der Waals surface area contributed by atoms with Crippen molar-refractivity contribution in [1.82, 2.24) is 5.32 Å². The Kier molecular flexibility index (Phi) is 6.06. The van der Waals surface area contributed by atoms with Crippen LogP contribution >= 0.6 is 0 Å². The molecule has 21 heavy (non-hydrogen) atoms. The minimum atomic E-state index is -3.18. The Balaban J connectivity index is 1.91. The van der Waals surface area contributed by atoms with E-state index in [9.17, 15) is 8.42 Å². The van der Waals surface area contributed by atoms with Gasteiger partial charge in [-0.15, -0.1) is 0 Å². The smallest absolute Gasteiger partial charge is 0.235 e. The van der Waals surface area contributed by atoms with E-state index in [4.69, 9.17) is 0 Å². The second kappa shape index (κ2) is 7.80. The van der Waals surface area contributed by atoms with Crippen LogP contribution in [-0.4, -0.2) is 33.8 Å². The molecule has 0 amide bonds. The Hall–Kier alpha value is -1.07. The highest BCUT2D eigenvalue weighted by Gasteiger charge is 2.26. The fourth-order valence-corrected chi connectivity index (χ4v) is 4.41. The number of para-hydroxylation sites is 1. The predicted octanol–water partition coefficient (Wildman–Crippen LogP) is 2.55. The van der Waals surface area contributed by atoms with E-state index in [1.54, 1.807) is 4.31 Å². The number of fused-ring (bicyclic) bond motifs is 1. The first-order valence-electron chi connectivity index (χ1n) is 7.94. The van der Waals surface area contributed by atoms with Crippen molar-refractivity contribution in [3.63, 3.8) is 0 Å². The van der Waals surface area contributed by atoms with Crippen LogP contribution in [0.3, 0.4) is 0 Å². The number of hydrogen-bond donors (Lipinski definition) is 1. The minimum Gasteiger partial charge on any atom is -0.317 e. The quantitative estimate of drug-likeness (QED) is 0.751. The fraction of sp³-hybridized carbons (Fsp3) is 0.625. The van der Waals surface area contributed by atoms with Crippen molar-refractivity contribution in [2.24, 2.45) is 0 Å². The number of nitrogens with zero attached hydrogens (tertiary/aromatic N) is 1. The zero-order valence-electron chi connectivity index (χ0n) is 12.8. The highest BCUT2D eigenvalue weighted by Crippen LogP contribution is 2.29. The molecule has 1 aromatic carbocycles. The third-order valence-corrected chi connectivity index (χ3v) is 5.69. The molecule has 1 aliphatic rings. The third-order valence-electron chi connectivity index (χ3n) is 3.84. The summed E-state index contributed by atoms with van der Waals surface area (Å²) in [5.74, 6) is 0.245. The molecule has 0 bridgehead atoms. The molecule has 0 saturated carbocycles. The average molecular weight is 310 g/mol. The average Bonchev–Trinajstić information content (AvgIpc) is 2.50. The molecule has 118 valence electrons. The van der Waals surface area contributed by atoms with Gasteiger partial charge in [-0.2, -0.15) is 0 Å². The van der Waals surface area contributed by atoms with Crippen LogP contribution in [0, 0.1) is 0 Å². The summed E-state index contributed by atoms with van der Waals surface area (Å²) >= 11 is 0. The standard InChI is InChI=1S/C16H26N2O2S/c1-2-11-17-12-5-6-14-21(19,20)18-13-7-9-15-8-3-4-10-16(15)18/h3-4,8,10,17H,2,5-7,9,11-14H2,1H3. The van der Waals surface area contributed by atoms with Crippen molar-refractivity contribution in [2.75, 3.05) is 29.7 Å². The molecule has 0 saturated heterocycles. The van der Waals surface area contributed by atoms with Gasteiger partial charge in [-0.25, -0.2) is 8.42 Å². The molecule has 0 fully saturated rings. The lowest BCUT2D eigenvalue weighted by Gasteiger charge is -2.30. The van der Waals surface area contributed by atoms with Crippen molar-refractivity contribution in [2.45, 2.75) is 39.0 Å². The van der Waals surface area contributed by atoms with E-state index >= 15 is 0 Å². The number of unbranched alkanes of at least 4 members (excludes halogenated alkanes) is 1. The predicted molar refractivity (Wildman–Crippen MR) is 88.3 cm³/mol. The van der Waals surface area contributed by atoms with Crippen LogP contribution in [0.2, 0.25) is 0 Å². The first-order chi connectivity index (χ1) is 10.1. The maximum atomic E-state index is 12.5. The van der Waals surface area contributed by atoms with E-state index in [1.165, 1.54) is 0 Å². The summed E-state index contributed by atoms with van der Waals surface area (Å²) in [6.07, 6.45) is 4.63. The van der Waals surface area contributed by atoms with Crippen LogP contribution < -0.4 is 9.62 Å². The summed E-state index contributed by atoms with van der Waals surface area (Å²) in [6, 6.07) is 7.86. The van der Waals surface area contributed by atoms with Crippen molar-refractivity contribution in [3.05, 3.63) is 29.8 Å². The van der Waals surface area contributed by atoms with Gasteiger partial charge in [-0.3, -0.25) is 4.31 Å². The SMILES string of the molecule is CCCNCCCCS(=O)(=O)N1CCCc2ccccc21. The van der Waals surface area contributed by atoms with Gasteiger partial charge in [-0.1, -0.05) is 25.1 Å². The van der Waals surface area contributed by atoms with Gasteiger partial charge in [0.05, 0.1) is 11.4 Å². The van der Waals surface area contributed by atoms with Gasteiger partial charge in [0, 0.05) is 6.54 Å². The molecule has 5 heteroatoms. The second-order valence-corrected chi connectivity index (χ2v) is 7.59. The molecular formula is C16H26N2O2S. The van der Waals surface area contributed by atoms with E-state index in [0.717, 1.165) is 56.4 Å². The van der Waals surface area contributed by atoms with Crippen LogP contribution in [0.25, 0.3) is 0 Å². The highest BCUT2D eigenvalue weighted by atomic mass is 32.2. The molecule has 0 spiro atoms. The Bertz CT molecular complexity index is 543. The van der Waals surface area contributed by atoms with Gasteiger partial charge in [-0.05, 0) is 56.8 Å². The molecule has 0 radical (unpaired) electrons. The summed E-state index contributed by atoms with van der Waals surface area (Å²) in [5, 5.41) is 3.31. The monoisotopic (exact) mass is 310 g/mol. The first kappa shape index (κ1) is 16.3. The van der Waals surface area contributed by atoms with Gasteiger partial charge in [0.1, 0.15) is 0 Å². The maximum absolute atomic E-state index is 12.5. The van der Waals surface area contributed by atoms with Crippen LogP contribution in [0.1, 0.15) is 38.2 Å². The largest absolute Gasteiger partial charge is 0.317 e. The molecule has 2 rings (SSSR count). The lowest BCUT2D eigenvalue weighted by atomic mass is 10.0. The number of nitrogens with one attached hydrogen (secondary N) is 1. The van der Waals surface area contributed by atoms with Crippen molar-refractivity contribution >= 4 is 15.7 Å². The van der Waals surface area contributed by atoms with Crippen molar-refractivity contribution in [1.29, 1.82) is 0 Å². The Labute approximate surface area is 128 Å². The van der Waals surface area contributed by atoms with E-state index in [1.807, 2.05) is 24.3 Å². The Morgan fingerprint density at radius 2 is 2.00 bits per heavy atom. The Morgan fingerprint density at radius 1 is 1.19 bits per heavy atom. The van der Waals surface area contributed by atoms with Gasteiger partial charge in [0.15, 0.2) is 0 Å². The summed E-state index contributed by atoms with van der Waals surface area (Å²) in [6.45, 7) is 4.66. The molecule has 4 nitrogen and oxygen atoms in total. The zero-order valence-corrected chi connectivity index (χ0v) is 13.7. The number of aryl methyl sites for hydroxylation is 1. The number of hydrogen-bond acceptors (Lipinski definition) is 3. The van der Waals surface area contributed by atoms with Crippen molar-refractivity contribution < 1.29 is 8.42 Å². The van der Waals surface area contributed by atoms with E-state index in [0.29, 0.717) is 6.54 Å². The van der Waals surface area contributed by atoms with Crippen LogP contribution in [-0.2, 0) is 16.4 Å². The zero-order chi connectivity index (χ0) is 15.1. The van der Waals surface area contributed by atoms with E-state index in [2.05, 4.69) is 12.2 Å². The van der Waals surface area contributed by atoms with Gasteiger partial charge >= 0.3 is 0 Å². The molecule has 0 atom stereocenters. The fourth-order valence-electron chi connectivity index (χ4n) is 2.73. The number of benzene rings is 1. The number of anilines is 1. The first-order valence-corrected chi connectivity index (χ1v) is 9.55. The van der Waals surface area contributed by atoms with E-state index in [-0.39, 0.29) is 5.75 Å². The lowest BCUT2D eigenvalue weighted by molar-refractivity contribution is 0.577. The molecular weight excluding hydrogens is 284 g/mol. The number of sulfonamides is 1. The summed E-state index contributed by atoms with van der Waals surface area (Å²) in [4.78, 5) is 0. The summed E-state index contributed by atoms with van der Waals surface area (Å²) in [5.41, 5.74) is 2.03. The van der Waals surface area contributed by atoms with Crippen LogP contribution in [0.15, 0.2) is 24.3 Å². The molecule has 1 aliphatic heterocycles. The molecule has 1 aromatic rings. The summed E-state index contributed by atoms with van der Waals surface area (Å²) < 4.78 is 26.7. The Morgan fingerprint density at radius 3 is 2.81 bits per heavy atom. The minimum absolute atomic E-state index is 0.245. The van der Waals surface area contributed by atoms with Gasteiger partial charge in [0.25, 0.3) is 0 Å². The number of rotatable bonds is 8.